The van der Waals surface area contributed by atoms with Crippen molar-refractivity contribution in [3.05, 3.63) is 120 Å². The third-order valence-electron chi connectivity index (χ3n) is 6.90. The Balaban J connectivity index is 1.71. The molecule has 0 saturated carbocycles. The van der Waals surface area contributed by atoms with Crippen molar-refractivity contribution in [3.63, 3.8) is 0 Å². The van der Waals surface area contributed by atoms with Gasteiger partial charge in [-0.1, -0.05) is 97.1 Å². The quantitative estimate of drug-likeness (QED) is 0.277. The van der Waals surface area contributed by atoms with E-state index < -0.39 is 0 Å². The maximum absolute atomic E-state index is 6.28. The lowest BCUT2D eigenvalue weighted by Gasteiger charge is -2.33. The zero-order chi connectivity index (χ0) is 22.5. The van der Waals surface area contributed by atoms with Crippen LogP contribution in [0.3, 0.4) is 0 Å². The van der Waals surface area contributed by atoms with E-state index in [0.29, 0.717) is 13.2 Å². The minimum absolute atomic E-state index is 0.537. The lowest BCUT2D eigenvalue weighted by atomic mass is 9.76. The van der Waals surface area contributed by atoms with Gasteiger partial charge in [-0.15, -0.1) is 0 Å². The van der Waals surface area contributed by atoms with E-state index in [9.17, 15) is 0 Å². The Morgan fingerprint density at radius 2 is 0.765 bits per heavy atom. The minimum atomic E-state index is 0.537. The second-order valence-corrected chi connectivity index (χ2v) is 8.76. The summed E-state index contributed by atoms with van der Waals surface area (Å²) >= 11 is 0. The smallest absolute Gasteiger partial charge is 0.127 e. The van der Waals surface area contributed by atoms with Gasteiger partial charge >= 0.3 is 0 Å². The largest absolute Gasteiger partial charge is 0.488 e. The number of rotatable bonds is 2. The van der Waals surface area contributed by atoms with E-state index in [1.165, 1.54) is 44.5 Å². The Kier molecular flexibility index (Phi) is 4.31. The average Bonchev–Trinajstić information content (AvgIpc) is 2.92. The van der Waals surface area contributed by atoms with Crippen molar-refractivity contribution in [1.82, 2.24) is 0 Å². The van der Waals surface area contributed by atoms with Gasteiger partial charge in [-0.05, 0) is 34.4 Å². The number of para-hydroxylation sites is 2. The van der Waals surface area contributed by atoms with Crippen molar-refractivity contribution in [2.45, 2.75) is 13.2 Å². The molecule has 0 unspecified atom stereocenters. The Labute approximate surface area is 199 Å². The first kappa shape index (κ1) is 19.2. The zero-order valence-corrected chi connectivity index (χ0v) is 18.6. The summed E-state index contributed by atoms with van der Waals surface area (Å²) in [6.45, 7) is 1.07. The Morgan fingerprint density at radius 3 is 1.21 bits per heavy atom. The van der Waals surface area contributed by atoms with Gasteiger partial charge < -0.3 is 9.47 Å². The van der Waals surface area contributed by atoms with Gasteiger partial charge in [-0.25, -0.2) is 0 Å². The van der Waals surface area contributed by atoms with Crippen LogP contribution in [-0.4, -0.2) is 0 Å². The third-order valence-corrected chi connectivity index (χ3v) is 6.90. The van der Waals surface area contributed by atoms with Crippen LogP contribution in [-0.2, 0) is 13.2 Å². The molecule has 0 amide bonds. The molecule has 0 spiro atoms. The molecule has 5 aromatic rings. The first-order chi connectivity index (χ1) is 16.9. The van der Waals surface area contributed by atoms with Crippen molar-refractivity contribution >= 4 is 0 Å². The van der Waals surface area contributed by atoms with Crippen LogP contribution in [0.4, 0.5) is 0 Å². The van der Waals surface area contributed by atoms with Crippen LogP contribution in [0.15, 0.2) is 109 Å². The zero-order valence-electron chi connectivity index (χ0n) is 18.6. The molecule has 0 saturated heterocycles. The molecule has 34 heavy (non-hydrogen) atoms. The van der Waals surface area contributed by atoms with E-state index in [4.69, 9.17) is 9.47 Å². The van der Waals surface area contributed by atoms with E-state index in [2.05, 4.69) is 97.1 Å². The van der Waals surface area contributed by atoms with Gasteiger partial charge in [-0.3, -0.25) is 0 Å². The lowest BCUT2D eigenvalue weighted by Crippen LogP contribution is -2.16. The highest BCUT2D eigenvalue weighted by Crippen LogP contribution is 2.55. The fourth-order valence-electron chi connectivity index (χ4n) is 5.45. The molecule has 0 aliphatic carbocycles. The van der Waals surface area contributed by atoms with Gasteiger partial charge in [0.1, 0.15) is 24.7 Å². The molecule has 2 aliphatic heterocycles. The molecular formula is C32H22O2. The highest BCUT2D eigenvalue weighted by atomic mass is 16.5. The fraction of sp³-hybridized carbons (Fsp3) is 0.0625. The van der Waals surface area contributed by atoms with E-state index in [0.717, 1.165) is 22.6 Å². The molecule has 162 valence electrons. The van der Waals surface area contributed by atoms with E-state index in [1.54, 1.807) is 0 Å². The van der Waals surface area contributed by atoms with Gasteiger partial charge in [0.15, 0.2) is 0 Å². The lowest BCUT2D eigenvalue weighted by molar-refractivity contribution is 0.280. The van der Waals surface area contributed by atoms with E-state index in [-0.39, 0.29) is 0 Å². The summed E-state index contributed by atoms with van der Waals surface area (Å²) in [5, 5.41) is 0. The molecule has 0 fully saturated rings. The molecule has 2 nitrogen and oxygen atoms in total. The van der Waals surface area contributed by atoms with Gasteiger partial charge in [-0.2, -0.15) is 0 Å². The number of hydrogen-bond acceptors (Lipinski definition) is 2. The number of benzene rings is 5. The molecule has 0 radical (unpaired) electrons. The topological polar surface area (TPSA) is 18.5 Å². The monoisotopic (exact) mass is 438 g/mol. The summed E-state index contributed by atoms with van der Waals surface area (Å²) in [6.07, 6.45) is 0. The van der Waals surface area contributed by atoms with Crippen LogP contribution in [0.1, 0.15) is 11.1 Å². The molecule has 2 aliphatic rings. The van der Waals surface area contributed by atoms with Crippen molar-refractivity contribution in [3.8, 4) is 56.0 Å². The highest BCUT2D eigenvalue weighted by molar-refractivity contribution is 6.06. The maximum atomic E-state index is 6.28. The van der Waals surface area contributed by atoms with Crippen LogP contribution in [0, 0.1) is 0 Å². The summed E-state index contributed by atoms with van der Waals surface area (Å²) in [4.78, 5) is 0. The first-order valence-corrected chi connectivity index (χ1v) is 11.7. The summed E-state index contributed by atoms with van der Waals surface area (Å²) in [5.41, 5.74) is 12.2. The molecular weight excluding hydrogens is 416 g/mol. The van der Waals surface area contributed by atoms with Crippen LogP contribution in [0.25, 0.3) is 44.5 Å². The van der Waals surface area contributed by atoms with Gasteiger partial charge in [0.05, 0.1) is 0 Å². The fourth-order valence-corrected chi connectivity index (χ4v) is 5.45. The number of hydrogen-bond donors (Lipinski definition) is 0. The van der Waals surface area contributed by atoms with Gasteiger partial charge in [0.2, 0.25) is 0 Å². The molecule has 5 aromatic carbocycles. The minimum Gasteiger partial charge on any atom is -0.488 e. The normalized spacial score (nSPS) is 12.9. The maximum Gasteiger partial charge on any atom is 0.127 e. The van der Waals surface area contributed by atoms with Crippen molar-refractivity contribution in [2.75, 3.05) is 0 Å². The Morgan fingerprint density at radius 1 is 0.382 bits per heavy atom. The van der Waals surface area contributed by atoms with Gasteiger partial charge in [0, 0.05) is 33.4 Å². The summed E-state index contributed by atoms with van der Waals surface area (Å²) in [7, 11) is 0. The summed E-state index contributed by atoms with van der Waals surface area (Å²) in [6, 6.07) is 38.3. The van der Waals surface area contributed by atoms with Crippen LogP contribution in [0.5, 0.6) is 11.5 Å². The summed E-state index contributed by atoms with van der Waals surface area (Å²) < 4.78 is 12.6. The molecule has 0 bridgehead atoms. The van der Waals surface area contributed by atoms with Crippen LogP contribution >= 0.6 is 0 Å². The number of fused-ring (bicyclic) bond motifs is 7. The summed E-state index contributed by atoms with van der Waals surface area (Å²) in [5.74, 6) is 1.87. The molecule has 0 aromatic heterocycles. The van der Waals surface area contributed by atoms with E-state index in [1.807, 2.05) is 12.1 Å². The first-order valence-electron chi connectivity index (χ1n) is 11.7. The van der Waals surface area contributed by atoms with E-state index >= 15 is 0 Å². The molecule has 2 heteroatoms. The second-order valence-electron chi connectivity index (χ2n) is 8.76. The predicted molar refractivity (Wildman–Crippen MR) is 137 cm³/mol. The standard InChI is InChI=1S/C32H22O2/c1-3-11-21(12-4-1)29-30(22-13-5-2-6-14-22)32-24-16-8-10-18-28(24)34-20-26(32)25-19-33-27-17-9-7-15-23(27)31(25)29/h1-18H,19-20H2. The van der Waals surface area contributed by atoms with Gasteiger partial charge in [0.25, 0.3) is 0 Å². The second kappa shape index (κ2) is 7.64. The van der Waals surface area contributed by atoms with Crippen LogP contribution in [0.2, 0.25) is 0 Å². The molecule has 7 rings (SSSR count). The average molecular weight is 439 g/mol. The SMILES string of the molecule is c1ccc(-c2c3c(c4c(c2-c2ccccc2)-c2ccccc2OC4)COc2ccccc2-3)cc1. The Hall–Kier alpha value is -4.30. The van der Waals surface area contributed by atoms with Crippen molar-refractivity contribution in [2.24, 2.45) is 0 Å². The highest BCUT2D eigenvalue weighted by Gasteiger charge is 2.33. The predicted octanol–water partition coefficient (Wildman–Crippen LogP) is 8.14. The molecule has 0 atom stereocenters. The Bertz CT molecular complexity index is 1420. The molecule has 0 N–H and O–H groups in total. The van der Waals surface area contributed by atoms with Crippen molar-refractivity contribution < 1.29 is 9.47 Å². The van der Waals surface area contributed by atoms with Crippen LogP contribution < -0.4 is 9.47 Å². The third kappa shape index (κ3) is 2.82. The van der Waals surface area contributed by atoms with Crippen molar-refractivity contribution in [1.29, 1.82) is 0 Å². The molecule has 2 heterocycles. The number of ether oxygens (including phenoxy) is 2.